The third-order valence-corrected chi connectivity index (χ3v) is 6.47. The van der Waals surface area contributed by atoms with Crippen molar-refractivity contribution in [3.63, 3.8) is 0 Å². The molecule has 0 saturated heterocycles. The highest BCUT2D eigenvalue weighted by molar-refractivity contribution is 7.89. The molecule has 0 radical (unpaired) electrons. The molecule has 7 nitrogen and oxygen atoms in total. The van der Waals surface area contributed by atoms with Crippen LogP contribution < -0.4 is 19.5 Å². The lowest BCUT2D eigenvalue weighted by molar-refractivity contribution is -0.122. The van der Waals surface area contributed by atoms with Crippen molar-refractivity contribution in [3.05, 3.63) is 60.7 Å². The van der Waals surface area contributed by atoms with E-state index in [1.54, 1.807) is 13.8 Å². The van der Waals surface area contributed by atoms with E-state index < -0.39 is 22.0 Å². The van der Waals surface area contributed by atoms with Crippen LogP contribution in [-0.4, -0.2) is 33.6 Å². The summed E-state index contributed by atoms with van der Waals surface area (Å²) in [5.41, 5.74) is 0.254. The second kappa shape index (κ2) is 10.0. The van der Waals surface area contributed by atoms with Crippen molar-refractivity contribution in [1.29, 1.82) is 0 Å². The zero-order valence-corrected chi connectivity index (χ0v) is 19.4. The van der Waals surface area contributed by atoms with Crippen LogP contribution in [0.5, 0.6) is 11.5 Å². The number of anilines is 1. The highest BCUT2D eigenvalue weighted by Crippen LogP contribution is 2.29. The average molecular weight is 457 g/mol. The minimum atomic E-state index is -3.73. The van der Waals surface area contributed by atoms with Gasteiger partial charge in [-0.05, 0) is 49.9 Å². The summed E-state index contributed by atoms with van der Waals surface area (Å²) in [6, 6.07) is 17.5. The summed E-state index contributed by atoms with van der Waals surface area (Å²) in [6.45, 7) is 5.32. The molecule has 3 rings (SSSR count). The van der Waals surface area contributed by atoms with Crippen LogP contribution in [0.4, 0.5) is 5.69 Å². The number of carbonyl (C=O) groups excluding carboxylic acids is 1. The molecule has 0 aliphatic rings. The number of hydrogen-bond acceptors (Lipinski definition) is 5. The Morgan fingerprint density at radius 1 is 1.00 bits per heavy atom. The van der Waals surface area contributed by atoms with Crippen molar-refractivity contribution in [1.82, 2.24) is 4.72 Å². The van der Waals surface area contributed by atoms with Gasteiger partial charge in [0.15, 0.2) is 6.10 Å². The first-order valence-electron chi connectivity index (χ1n) is 10.4. The van der Waals surface area contributed by atoms with E-state index in [2.05, 4.69) is 10.0 Å². The highest BCUT2D eigenvalue weighted by Gasteiger charge is 2.23. The summed E-state index contributed by atoms with van der Waals surface area (Å²) < 4.78 is 39.0. The molecule has 8 heteroatoms. The van der Waals surface area contributed by atoms with Gasteiger partial charge in [0.1, 0.15) is 11.5 Å². The number of ether oxygens (including phenoxy) is 2. The highest BCUT2D eigenvalue weighted by atomic mass is 32.2. The molecule has 1 amide bonds. The molecular formula is C24H28N2O5S. The molecule has 0 aliphatic heterocycles. The number of fused-ring (bicyclic) bond motifs is 1. The van der Waals surface area contributed by atoms with E-state index in [9.17, 15) is 13.2 Å². The van der Waals surface area contributed by atoms with Gasteiger partial charge in [-0.1, -0.05) is 43.3 Å². The van der Waals surface area contributed by atoms with Gasteiger partial charge in [-0.3, -0.25) is 4.79 Å². The van der Waals surface area contributed by atoms with Gasteiger partial charge in [0, 0.05) is 11.4 Å². The maximum atomic E-state index is 13.0. The predicted octanol–water partition coefficient (Wildman–Crippen LogP) is 4.33. The van der Waals surface area contributed by atoms with Crippen LogP contribution in [0.25, 0.3) is 10.8 Å². The molecule has 0 aromatic heterocycles. The average Bonchev–Trinajstić information content (AvgIpc) is 2.76. The van der Waals surface area contributed by atoms with E-state index >= 15 is 0 Å². The fourth-order valence-corrected chi connectivity index (χ4v) is 4.59. The molecule has 0 spiro atoms. The van der Waals surface area contributed by atoms with Crippen molar-refractivity contribution in [2.75, 3.05) is 12.4 Å². The zero-order chi connectivity index (χ0) is 23.3. The Bertz CT molecular complexity index is 1200. The van der Waals surface area contributed by atoms with E-state index in [0.717, 1.165) is 10.8 Å². The van der Waals surface area contributed by atoms with Gasteiger partial charge in [-0.2, -0.15) is 0 Å². The number of benzene rings is 3. The summed E-state index contributed by atoms with van der Waals surface area (Å²) in [5.74, 6) is 0.557. The van der Waals surface area contributed by atoms with Crippen molar-refractivity contribution in [2.24, 2.45) is 0 Å². The third kappa shape index (κ3) is 5.38. The number of rotatable bonds is 9. The van der Waals surface area contributed by atoms with Crippen molar-refractivity contribution < 1.29 is 22.7 Å². The van der Waals surface area contributed by atoms with E-state index in [0.29, 0.717) is 17.9 Å². The van der Waals surface area contributed by atoms with E-state index in [4.69, 9.17) is 9.47 Å². The fourth-order valence-electron chi connectivity index (χ4n) is 3.32. The van der Waals surface area contributed by atoms with Crippen LogP contribution in [-0.2, 0) is 14.8 Å². The summed E-state index contributed by atoms with van der Waals surface area (Å²) in [7, 11) is -2.28. The molecule has 170 valence electrons. The monoisotopic (exact) mass is 456 g/mol. The fraction of sp³-hybridized carbons (Fsp3) is 0.292. The van der Waals surface area contributed by atoms with Gasteiger partial charge in [0.25, 0.3) is 5.91 Å². The first-order chi connectivity index (χ1) is 15.2. The lowest BCUT2D eigenvalue weighted by Crippen LogP contribution is -2.33. The number of methoxy groups -OCH3 is 1. The van der Waals surface area contributed by atoms with Crippen molar-refractivity contribution >= 4 is 32.4 Å². The normalized spacial score (nSPS) is 12.5. The number of sulfonamides is 1. The molecule has 32 heavy (non-hydrogen) atoms. The SMILES string of the molecule is CCC(Oc1cccc2ccccc12)C(=O)Nc1cc(S(=O)(=O)NC(C)C)ccc1OC. The van der Waals surface area contributed by atoms with Gasteiger partial charge in [0.2, 0.25) is 10.0 Å². The molecule has 0 bridgehead atoms. The summed E-state index contributed by atoms with van der Waals surface area (Å²) in [5, 5.41) is 4.69. The molecule has 1 atom stereocenters. The Morgan fingerprint density at radius 2 is 1.72 bits per heavy atom. The second-order valence-electron chi connectivity index (χ2n) is 7.62. The van der Waals surface area contributed by atoms with Gasteiger partial charge in [-0.15, -0.1) is 0 Å². The first kappa shape index (κ1) is 23.6. The van der Waals surface area contributed by atoms with Crippen LogP contribution in [0.15, 0.2) is 65.6 Å². The van der Waals surface area contributed by atoms with E-state index in [1.807, 2.05) is 49.4 Å². The first-order valence-corrected chi connectivity index (χ1v) is 11.9. The Labute approximate surface area is 188 Å². The van der Waals surface area contributed by atoms with Gasteiger partial charge < -0.3 is 14.8 Å². The van der Waals surface area contributed by atoms with Crippen LogP contribution in [0, 0.1) is 0 Å². The minimum Gasteiger partial charge on any atom is -0.495 e. The molecule has 0 heterocycles. The zero-order valence-electron chi connectivity index (χ0n) is 18.6. The van der Waals surface area contributed by atoms with Gasteiger partial charge in [0.05, 0.1) is 17.7 Å². The van der Waals surface area contributed by atoms with Crippen LogP contribution in [0.3, 0.4) is 0 Å². The van der Waals surface area contributed by atoms with Crippen LogP contribution in [0.1, 0.15) is 27.2 Å². The Kier molecular flexibility index (Phi) is 7.37. The smallest absolute Gasteiger partial charge is 0.265 e. The van der Waals surface area contributed by atoms with Gasteiger partial charge >= 0.3 is 0 Å². The lowest BCUT2D eigenvalue weighted by atomic mass is 10.1. The van der Waals surface area contributed by atoms with E-state index in [-0.39, 0.29) is 16.6 Å². The summed E-state index contributed by atoms with van der Waals surface area (Å²) in [6.07, 6.45) is -0.357. The number of carbonyl (C=O) groups is 1. The second-order valence-corrected chi connectivity index (χ2v) is 9.33. The number of amides is 1. The van der Waals surface area contributed by atoms with Crippen molar-refractivity contribution in [2.45, 2.75) is 44.2 Å². The molecule has 0 fully saturated rings. The number of nitrogens with one attached hydrogen (secondary N) is 2. The minimum absolute atomic E-state index is 0.0327. The lowest BCUT2D eigenvalue weighted by Gasteiger charge is -2.20. The maximum absolute atomic E-state index is 13.0. The molecule has 0 saturated carbocycles. The molecule has 2 N–H and O–H groups in total. The molecule has 0 aliphatic carbocycles. The Morgan fingerprint density at radius 3 is 2.41 bits per heavy atom. The third-order valence-electron chi connectivity index (χ3n) is 4.81. The summed E-state index contributed by atoms with van der Waals surface area (Å²) in [4.78, 5) is 13.1. The summed E-state index contributed by atoms with van der Waals surface area (Å²) >= 11 is 0. The largest absolute Gasteiger partial charge is 0.495 e. The standard InChI is InChI=1S/C24H28N2O5S/c1-5-21(31-22-12-8-10-17-9-6-7-11-19(17)22)24(27)25-20-15-18(13-14-23(20)30-4)32(28,29)26-16(2)3/h6-16,21,26H,5H2,1-4H3,(H,25,27). The topological polar surface area (TPSA) is 93.7 Å². The van der Waals surface area contributed by atoms with E-state index in [1.165, 1.54) is 25.3 Å². The molecule has 3 aromatic carbocycles. The Balaban J connectivity index is 1.86. The molecule has 1 unspecified atom stereocenters. The predicted molar refractivity (Wildman–Crippen MR) is 126 cm³/mol. The molecule has 3 aromatic rings. The Hall–Kier alpha value is -3.10. The van der Waals surface area contributed by atoms with Crippen LogP contribution >= 0.6 is 0 Å². The number of hydrogen-bond donors (Lipinski definition) is 2. The molecular weight excluding hydrogens is 428 g/mol. The van der Waals surface area contributed by atoms with Crippen LogP contribution in [0.2, 0.25) is 0 Å². The van der Waals surface area contributed by atoms with Gasteiger partial charge in [-0.25, -0.2) is 13.1 Å². The maximum Gasteiger partial charge on any atom is 0.265 e. The quantitative estimate of drug-likeness (QED) is 0.500. The van der Waals surface area contributed by atoms with Crippen molar-refractivity contribution in [3.8, 4) is 11.5 Å².